The van der Waals surface area contributed by atoms with Crippen LogP contribution in [0.4, 0.5) is 17.3 Å². The van der Waals surface area contributed by atoms with E-state index in [4.69, 9.17) is 5.84 Å². The Morgan fingerprint density at radius 3 is 2.86 bits per heavy atom. The fourth-order valence-corrected chi connectivity index (χ4v) is 1.57. The predicted molar refractivity (Wildman–Crippen MR) is 57.4 cm³/mol. The SMILES string of the molecule is NNc1cncc(Nc2ccsc2)n1. The highest BCUT2D eigenvalue weighted by molar-refractivity contribution is 7.08. The molecule has 4 N–H and O–H groups in total. The zero-order valence-electron chi connectivity index (χ0n) is 7.27. The van der Waals surface area contributed by atoms with E-state index in [2.05, 4.69) is 20.7 Å². The van der Waals surface area contributed by atoms with E-state index < -0.39 is 0 Å². The van der Waals surface area contributed by atoms with Gasteiger partial charge in [-0.15, -0.1) is 0 Å². The van der Waals surface area contributed by atoms with Crippen LogP contribution in [0.15, 0.2) is 29.2 Å². The standard InChI is InChI=1S/C8H9N5S/c9-13-8-4-10-3-7(12-8)11-6-1-2-14-5-6/h1-5H,9H2,(H2,11,12,13). The van der Waals surface area contributed by atoms with Crippen molar-refractivity contribution in [3.63, 3.8) is 0 Å². The molecule has 0 aliphatic rings. The Morgan fingerprint density at radius 1 is 1.29 bits per heavy atom. The van der Waals surface area contributed by atoms with Crippen molar-refractivity contribution in [3.05, 3.63) is 29.2 Å². The first-order valence-corrected chi connectivity index (χ1v) is 4.90. The van der Waals surface area contributed by atoms with Crippen molar-refractivity contribution in [3.8, 4) is 0 Å². The van der Waals surface area contributed by atoms with Gasteiger partial charge in [0, 0.05) is 5.38 Å². The van der Waals surface area contributed by atoms with E-state index in [9.17, 15) is 0 Å². The molecule has 0 amide bonds. The molecule has 0 unspecified atom stereocenters. The minimum absolute atomic E-state index is 0.533. The highest BCUT2D eigenvalue weighted by Crippen LogP contribution is 2.17. The summed E-state index contributed by atoms with van der Waals surface area (Å²) in [4.78, 5) is 8.13. The van der Waals surface area contributed by atoms with Crippen LogP contribution in [0, 0.1) is 0 Å². The van der Waals surface area contributed by atoms with Gasteiger partial charge in [-0.25, -0.2) is 10.8 Å². The number of nitrogens with one attached hydrogen (secondary N) is 2. The van der Waals surface area contributed by atoms with Gasteiger partial charge in [-0.05, 0) is 11.4 Å². The summed E-state index contributed by atoms with van der Waals surface area (Å²) in [6.07, 6.45) is 3.19. The van der Waals surface area contributed by atoms with E-state index in [0.717, 1.165) is 5.69 Å². The van der Waals surface area contributed by atoms with Gasteiger partial charge in [-0.3, -0.25) is 4.98 Å². The molecule has 2 aromatic rings. The van der Waals surface area contributed by atoms with Gasteiger partial charge in [0.05, 0.1) is 18.1 Å². The molecule has 0 aliphatic heterocycles. The number of hydrogen-bond acceptors (Lipinski definition) is 6. The fraction of sp³-hybridized carbons (Fsp3) is 0. The minimum Gasteiger partial charge on any atom is -0.338 e. The Balaban J connectivity index is 2.17. The average molecular weight is 207 g/mol. The molecule has 0 atom stereocenters. The topological polar surface area (TPSA) is 75.9 Å². The molecule has 0 saturated carbocycles. The number of nitrogen functional groups attached to an aromatic ring is 1. The summed E-state index contributed by atoms with van der Waals surface area (Å²) in [6.45, 7) is 0. The number of anilines is 3. The second-order valence-corrected chi connectivity index (χ2v) is 3.35. The first kappa shape index (κ1) is 8.92. The zero-order valence-corrected chi connectivity index (χ0v) is 8.08. The van der Waals surface area contributed by atoms with Gasteiger partial charge < -0.3 is 10.7 Å². The third-order valence-electron chi connectivity index (χ3n) is 1.58. The van der Waals surface area contributed by atoms with Gasteiger partial charge in [0.15, 0.2) is 11.6 Å². The minimum atomic E-state index is 0.533. The number of nitrogens with zero attached hydrogens (tertiary/aromatic N) is 2. The molecule has 5 nitrogen and oxygen atoms in total. The Kier molecular flexibility index (Phi) is 2.57. The maximum atomic E-state index is 5.21. The van der Waals surface area contributed by atoms with Gasteiger partial charge in [0.2, 0.25) is 0 Å². The Hall–Kier alpha value is -1.66. The molecule has 6 heteroatoms. The Bertz CT molecular complexity index is 400. The van der Waals surface area contributed by atoms with Crippen molar-refractivity contribution >= 4 is 28.7 Å². The first-order chi connectivity index (χ1) is 6.88. The van der Waals surface area contributed by atoms with Crippen LogP contribution in [0.2, 0.25) is 0 Å². The molecular weight excluding hydrogens is 198 g/mol. The van der Waals surface area contributed by atoms with Crippen LogP contribution in [0.3, 0.4) is 0 Å². The molecule has 0 aromatic carbocycles. The van der Waals surface area contributed by atoms with Crippen LogP contribution in [0.5, 0.6) is 0 Å². The van der Waals surface area contributed by atoms with E-state index in [-0.39, 0.29) is 0 Å². The van der Waals surface area contributed by atoms with Gasteiger partial charge in [-0.2, -0.15) is 11.3 Å². The molecule has 14 heavy (non-hydrogen) atoms. The summed E-state index contributed by atoms with van der Waals surface area (Å²) in [5.41, 5.74) is 3.43. The molecule has 2 rings (SSSR count). The maximum Gasteiger partial charge on any atom is 0.160 e. The molecule has 72 valence electrons. The molecule has 0 radical (unpaired) electrons. The lowest BCUT2D eigenvalue weighted by Gasteiger charge is -2.03. The molecule has 0 fully saturated rings. The molecule has 0 spiro atoms. The first-order valence-electron chi connectivity index (χ1n) is 3.96. The summed E-state index contributed by atoms with van der Waals surface area (Å²) in [5.74, 6) is 6.41. The van der Waals surface area contributed by atoms with Crippen LogP contribution in [0.1, 0.15) is 0 Å². The molecule has 2 aromatic heterocycles. The largest absolute Gasteiger partial charge is 0.338 e. The molecular formula is C8H9N5S. The van der Waals surface area contributed by atoms with Crippen LogP contribution < -0.4 is 16.6 Å². The summed E-state index contributed by atoms with van der Waals surface area (Å²) in [7, 11) is 0. The number of aromatic nitrogens is 2. The third kappa shape index (κ3) is 1.98. The summed E-state index contributed by atoms with van der Waals surface area (Å²) >= 11 is 1.62. The van der Waals surface area contributed by atoms with Crippen LogP contribution >= 0.6 is 11.3 Å². The number of nitrogens with two attached hydrogens (primary N) is 1. The second kappa shape index (κ2) is 4.03. The van der Waals surface area contributed by atoms with Crippen molar-refractivity contribution in [2.24, 2.45) is 5.84 Å². The zero-order chi connectivity index (χ0) is 9.80. The normalized spacial score (nSPS) is 9.79. The lowest BCUT2D eigenvalue weighted by molar-refractivity contribution is 1.16. The van der Waals surface area contributed by atoms with Crippen LogP contribution in [-0.4, -0.2) is 9.97 Å². The fourth-order valence-electron chi connectivity index (χ4n) is 0.979. The Labute approximate surface area is 85.0 Å². The van der Waals surface area contributed by atoms with E-state index >= 15 is 0 Å². The third-order valence-corrected chi connectivity index (χ3v) is 2.26. The predicted octanol–water partition coefficient (Wildman–Crippen LogP) is 1.57. The number of hydrogen-bond donors (Lipinski definition) is 3. The van der Waals surface area contributed by atoms with E-state index in [1.54, 1.807) is 23.7 Å². The lowest BCUT2D eigenvalue weighted by atomic mass is 10.5. The highest BCUT2D eigenvalue weighted by atomic mass is 32.1. The Morgan fingerprint density at radius 2 is 2.14 bits per heavy atom. The summed E-state index contributed by atoms with van der Waals surface area (Å²) in [6, 6.07) is 1.97. The summed E-state index contributed by atoms with van der Waals surface area (Å²) < 4.78 is 0. The summed E-state index contributed by atoms with van der Waals surface area (Å²) in [5, 5.41) is 7.08. The van der Waals surface area contributed by atoms with Crippen molar-refractivity contribution in [2.75, 3.05) is 10.7 Å². The van der Waals surface area contributed by atoms with E-state index in [1.807, 2.05) is 16.8 Å². The maximum absolute atomic E-state index is 5.21. The van der Waals surface area contributed by atoms with Crippen molar-refractivity contribution in [1.29, 1.82) is 0 Å². The highest BCUT2D eigenvalue weighted by Gasteiger charge is 1.97. The van der Waals surface area contributed by atoms with Gasteiger partial charge in [0.25, 0.3) is 0 Å². The van der Waals surface area contributed by atoms with Crippen molar-refractivity contribution < 1.29 is 0 Å². The quantitative estimate of drug-likeness (QED) is 0.526. The van der Waals surface area contributed by atoms with E-state index in [0.29, 0.717) is 11.6 Å². The lowest BCUT2D eigenvalue weighted by Crippen LogP contribution is -2.09. The molecule has 0 saturated heterocycles. The molecule has 0 bridgehead atoms. The van der Waals surface area contributed by atoms with Gasteiger partial charge in [-0.1, -0.05) is 0 Å². The van der Waals surface area contributed by atoms with Crippen LogP contribution in [0.25, 0.3) is 0 Å². The van der Waals surface area contributed by atoms with E-state index in [1.165, 1.54) is 0 Å². The van der Waals surface area contributed by atoms with Gasteiger partial charge in [0.1, 0.15) is 0 Å². The monoisotopic (exact) mass is 207 g/mol. The number of thiophene rings is 1. The van der Waals surface area contributed by atoms with Crippen molar-refractivity contribution in [2.45, 2.75) is 0 Å². The molecule has 2 heterocycles. The van der Waals surface area contributed by atoms with Crippen LogP contribution in [-0.2, 0) is 0 Å². The number of hydrazine groups is 1. The van der Waals surface area contributed by atoms with Gasteiger partial charge >= 0.3 is 0 Å². The average Bonchev–Trinajstić information content (AvgIpc) is 2.71. The number of rotatable bonds is 3. The smallest absolute Gasteiger partial charge is 0.160 e. The molecule has 0 aliphatic carbocycles. The van der Waals surface area contributed by atoms with Crippen molar-refractivity contribution in [1.82, 2.24) is 9.97 Å². The second-order valence-electron chi connectivity index (χ2n) is 2.57.